The van der Waals surface area contributed by atoms with Crippen molar-refractivity contribution in [2.24, 2.45) is 0 Å². The van der Waals surface area contributed by atoms with Gasteiger partial charge in [0.15, 0.2) is 0 Å². The fourth-order valence-electron chi connectivity index (χ4n) is 2.58. The third kappa shape index (κ3) is 4.41. The molecule has 22 heavy (non-hydrogen) atoms. The molecule has 0 radical (unpaired) electrons. The zero-order chi connectivity index (χ0) is 16.3. The van der Waals surface area contributed by atoms with E-state index in [1.807, 2.05) is 19.9 Å². The van der Waals surface area contributed by atoms with E-state index in [0.717, 1.165) is 23.5 Å². The number of aromatic nitrogens is 2. The summed E-state index contributed by atoms with van der Waals surface area (Å²) in [5.74, 6) is 0.116. The molecule has 0 aliphatic carbocycles. The third-order valence-corrected chi connectivity index (χ3v) is 5.51. The van der Waals surface area contributed by atoms with E-state index >= 15 is 0 Å². The summed E-state index contributed by atoms with van der Waals surface area (Å²) >= 11 is 1.73. The smallest absolute Gasteiger partial charge is 0.149 e. The van der Waals surface area contributed by atoms with Crippen LogP contribution in [0.1, 0.15) is 34.8 Å². The molecule has 0 amide bonds. The van der Waals surface area contributed by atoms with Gasteiger partial charge in [0.1, 0.15) is 9.84 Å². The molecule has 2 rings (SSSR count). The zero-order valence-corrected chi connectivity index (χ0v) is 15.1. The van der Waals surface area contributed by atoms with Crippen LogP contribution in [0, 0.1) is 13.8 Å². The van der Waals surface area contributed by atoms with Crippen molar-refractivity contribution in [3.05, 3.63) is 39.3 Å². The van der Waals surface area contributed by atoms with Crippen molar-refractivity contribution < 1.29 is 8.42 Å². The number of hydrogen-bond donors (Lipinski definition) is 1. The first kappa shape index (κ1) is 17.2. The molecule has 0 saturated heterocycles. The highest BCUT2D eigenvalue weighted by Gasteiger charge is 2.18. The van der Waals surface area contributed by atoms with E-state index in [1.54, 1.807) is 16.0 Å². The van der Waals surface area contributed by atoms with E-state index in [9.17, 15) is 8.42 Å². The van der Waals surface area contributed by atoms with Gasteiger partial charge in [-0.15, -0.1) is 11.3 Å². The average Bonchev–Trinajstić information content (AvgIpc) is 3.01. The summed E-state index contributed by atoms with van der Waals surface area (Å²) in [7, 11) is -2.98. The van der Waals surface area contributed by atoms with E-state index in [0.29, 0.717) is 6.54 Å². The zero-order valence-electron chi connectivity index (χ0n) is 13.5. The SMILES string of the molecule is Cc1nn(CCS(C)(=O)=O)c(C)c1[C@@H](C)NCc1cccs1. The van der Waals surface area contributed by atoms with Crippen LogP contribution in [-0.2, 0) is 22.9 Å². The van der Waals surface area contributed by atoms with Crippen molar-refractivity contribution in [3.63, 3.8) is 0 Å². The Balaban J connectivity index is 2.08. The summed E-state index contributed by atoms with van der Waals surface area (Å²) in [5, 5.41) is 10.1. The number of hydrogen-bond acceptors (Lipinski definition) is 5. The van der Waals surface area contributed by atoms with Crippen molar-refractivity contribution >= 4 is 21.2 Å². The molecule has 1 N–H and O–H groups in total. The molecule has 0 aliphatic rings. The Morgan fingerprint density at radius 1 is 1.41 bits per heavy atom. The summed E-state index contributed by atoms with van der Waals surface area (Å²) in [5.41, 5.74) is 3.15. The lowest BCUT2D eigenvalue weighted by Crippen LogP contribution is -2.19. The van der Waals surface area contributed by atoms with Gasteiger partial charge in [-0.25, -0.2) is 8.42 Å². The largest absolute Gasteiger partial charge is 0.305 e. The number of thiophene rings is 1. The number of sulfone groups is 1. The number of rotatable bonds is 7. The van der Waals surface area contributed by atoms with Crippen LogP contribution in [0.15, 0.2) is 17.5 Å². The van der Waals surface area contributed by atoms with E-state index in [2.05, 4.69) is 28.8 Å². The molecule has 7 heteroatoms. The molecule has 0 bridgehead atoms. The van der Waals surface area contributed by atoms with Crippen LogP contribution < -0.4 is 5.32 Å². The number of nitrogens with one attached hydrogen (secondary N) is 1. The standard InChI is InChI=1S/C15H23N3O2S2/c1-11(16-10-14-6-5-8-21-14)15-12(2)17-18(13(15)3)7-9-22(4,19)20/h5-6,8,11,16H,7,9-10H2,1-4H3/t11-/m1/s1. The fraction of sp³-hybridized carbons (Fsp3) is 0.533. The molecule has 0 unspecified atom stereocenters. The fourth-order valence-corrected chi connectivity index (χ4v) is 3.74. The van der Waals surface area contributed by atoms with Gasteiger partial charge in [0.25, 0.3) is 0 Å². The first-order valence-corrected chi connectivity index (χ1v) is 10.2. The van der Waals surface area contributed by atoms with Gasteiger partial charge in [0.2, 0.25) is 0 Å². The van der Waals surface area contributed by atoms with Crippen LogP contribution in [0.3, 0.4) is 0 Å². The quantitative estimate of drug-likeness (QED) is 0.840. The molecule has 1 atom stereocenters. The van der Waals surface area contributed by atoms with Crippen LogP contribution >= 0.6 is 11.3 Å². The minimum absolute atomic E-state index is 0.116. The predicted molar refractivity (Wildman–Crippen MR) is 91.0 cm³/mol. The summed E-state index contributed by atoms with van der Waals surface area (Å²) in [4.78, 5) is 1.30. The lowest BCUT2D eigenvalue weighted by atomic mass is 10.1. The minimum atomic E-state index is -2.98. The number of aryl methyl sites for hydroxylation is 2. The van der Waals surface area contributed by atoms with Crippen LogP contribution in [-0.4, -0.2) is 30.2 Å². The van der Waals surface area contributed by atoms with Crippen LogP contribution in [0.5, 0.6) is 0 Å². The highest BCUT2D eigenvalue weighted by Crippen LogP contribution is 2.22. The molecule has 0 fully saturated rings. The van der Waals surface area contributed by atoms with Gasteiger partial charge in [-0.3, -0.25) is 4.68 Å². The molecule has 0 saturated carbocycles. The second kappa shape index (κ2) is 6.93. The van der Waals surface area contributed by atoms with E-state index in [1.165, 1.54) is 11.1 Å². The molecule has 0 aliphatic heterocycles. The maximum atomic E-state index is 11.3. The van der Waals surface area contributed by atoms with Crippen molar-refractivity contribution in [1.29, 1.82) is 0 Å². The Bertz CT molecular complexity index is 718. The molecular weight excluding hydrogens is 318 g/mol. The topological polar surface area (TPSA) is 64.0 Å². The first-order valence-electron chi connectivity index (χ1n) is 7.25. The molecule has 5 nitrogen and oxygen atoms in total. The van der Waals surface area contributed by atoms with Crippen LogP contribution in [0.25, 0.3) is 0 Å². The van der Waals surface area contributed by atoms with Crippen molar-refractivity contribution in [1.82, 2.24) is 15.1 Å². The Kier molecular flexibility index (Phi) is 5.41. The summed E-state index contributed by atoms with van der Waals surface area (Å²) < 4.78 is 24.4. The number of nitrogens with zero attached hydrogens (tertiary/aromatic N) is 2. The van der Waals surface area contributed by atoms with Gasteiger partial charge >= 0.3 is 0 Å². The first-order chi connectivity index (χ1) is 10.3. The normalized spacial score (nSPS) is 13.5. The Hall–Kier alpha value is -1.18. The molecule has 0 aromatic carbocycles. The highest BCUT2D eigenvalue weighted by molar-refractivity contribution is 7.90. The van der Waals surface area contributed by atoms with Crippen molar-refractivity contribution in [2.75, 3.05) is 12.0 Å². The third-order valence-electron chi connectivity index (χ3n) is 3.71. The summed E-state index contributed by atoms with van der Waals surface area (Å²) in [6, 6.07) is 4.33. The highest BCUT2D eigenvalue weighted by atomic mass is 32.2. The van der Waals surface area contributed by atoms with Gasteiger partial charge in [-0.2, -0.15) is 5.10 Å². The van der Waals surface area contributed by atoms with Crippen LogP contribution in [0.2, 0.25) is 0 Å². The monoisotopic (exact) mass is 341 g/mol. The van der Waals surface area contributed by atoms with Crippen LogP contribution in [0.4, 0.5) is 0 Å². The van der Waals surface area contributed by atoms with Gasteiger partial charge in [-0.05, 0) is 32.2 Å². The Morgan fingerprint density at radius 3 is 2.73 bits per heavy atom. The lowest BCUT2D eigenvalue weighted by Gasteiger charge is -2.14. The second-order valence-electron chi connectivity index (χ2n) is 5.62. The molecular formula is C15H23N3O2S2. The molecule has 2 aromatic heterocycles. The van der Waals surface area contributed by atoms with Gasteiger partial charge < -0.3 is 5.32 Å². The van der Waals surface area contributed by atoms with E-state index < -0.39 is 9.84 Å². The summed E-state index contributed by atoms with van der Waals surface area (Å²) in [6.07, 6.45) is 1.25. The molecule has 0 spiro atoms. The second-order valence-corrected chi connectivity index (χ2v) is 8.91. The Labute approximate surface area is 136 Å². The Morgan fingerprint density at radius 2 is 2.14 bits per heavy atom. The molecule has 2 aromatic rings. The van der Waals surface area contributed by atoms with Crippen molar-refractivity contribution in [2.45, 2.75) is 39.9 Å². The maximum absolute atomic E-state index is 11.3. The van der Waals surface area contributed by atoms with E-state index in [-0.39, 0.29) is 11.8 Å². The van der Waals surface area contributed by atoms with Gasteiger partial charge in [-0.1, -0.05) is 6.07 Å². The summed E-state index contributed by atoms with van der Waals surface area (Å²) in [6.45, 7) is 7.32. The predicted octanol–water partition coefficient (Wildman–Crippen LogP) is 2.46. The van der Waals surface area contributed by atoms with Crippen molar-refractivity contribution in [3.8, 4) is 0 Å². The molecule has 122 valence electrons. The van der Waals surface area contributed by atoms with Gasteiger partial charge in [0, 0.05) is 35.0 Å². The van der Waals surface area contributed by atoms with Gasteiger partial charge in [0.05, 0.1) is 18.0 Å². The average molecular weight is 342 g/mol. The lowest BCUT2D eigenvalue weighted by molar-refractivity contribution is 0.567. The van der Waals surface area contributed by atoms with E-state index in [4.69, 9.17) is 0 Å². The minimum Gasteiger partial charge on any atom is -0.305 e. The molecule has 2 heterocycles. The maximum Gasteiger partial charge on any atom is 0.149 e.